The first-order valence-corrected chi connectivity index (χ1v) is 14.7. The first-order chi connectivity index (χ1) is 21.3. The smallest absolute Gasteiger partial charge is 0.323 e. The highest BCUT2D eigenvalue weighted by molar-refractivity contribution is 6.31. The molecular weight excluding hydrogens is 593 g/mol. The summed E-state index contributed by atoms with van der Waals surface area (Å²) in [5, 5.41) is 6.55. The van der Waals surface area contributed by atoms with Crippen molar-refractivity contribution in [2.45, 2.75) is 44.2 Å². The molecule has 1 aromatic heterocycles. The van der Waals surface area contributed by atoms with Crippen molar-refractivity contribution in [3.8, 4) is 5.75 Å². The number of nitrogens with one attached hydrogen (secondary N) is 2. The molecule has 2 aliphatic rings. The van der Waals surface area contributed by atoms with Crippen LogP contribution in [0.5, 0.6) is 5.75 Å². The van der Waals surface area contributed by atoms with Crippen LogP contribution in [0, 0.1) is 11.7 Å². The third-order valence-electron chi connectivity index (χ3n) is 7.64. The van der Waals surface area contributed by atoms with E-state index in [1.807, 2.05) is 0 Å². The second-order valence-corrected chi connectivity index (χ2v) is 11.1. The first-order valence-electron chi connectivity index (χ1n) is 14.3. The standard InChI is InChI=1S/C31H33ClFN5O6/c1-42-30(40)25-5-3-6-26(31(41)43-2)38(25)12-4-7-28(39)37-24-14-20-23(15-27(24)44-16-18-8-9-18)34-17-35-29(20)36-19-10-11-22(33)21(32)13-19/h4,7,10-11,13-15,17-18,25-26H,3,5-6,8-9,12,16H2,1-2H3,(H,37,39)(H,34,35,36)/t25-,26+. The summed E-state index contributed by atoms with van der Waals surface area (Å²) >= 11 is 5.95. The van der Waals surface area contributed by atoms with Gasteiger partial charge in [-0.25, -0.2) is 14.4 Å². The number of likely N-dealkylation sites (tertiary alicyclic amines) is 1. The molecule has 0 spiro atoms. The lowest BCUT2D eigenvalue weighted by Gasteiger charge is -2.38. The molecule has 2 aromatic carbocycles. The number of benzene rings is 2. The highest BCUT2D eigenvalue weighted by atomic mass is 35.5. The van der Waals surface area contributed by atoms with E-state index in [1.165, 1.54) is 44.8 Å². The van der Waals surface area contributed by atoms with Gasteiger partial charge in [-0.05, 0) is 62.3 Å². The fourth-order valence-corrected chi connectivity index (χ4v) is 5.33. The SMILES string of the molecule is COC(=O)[C@H]1CCC[C@@H](C(=O)OC)N1CC=CC(=O)Nc1cc2c(Nc3ccc(F)c(Cl)c3)ncnc2cc1OCC1CC1. The molecule has 1 aliphatic carbocycles. The zero-order valence-electron chi connectivity index (χ0n) is 24.3. The van der Waals surface area contributed by atoms with E-state index in [0.717, 1.165) is 12.8 Å². The van der Waals surface area contributed by atoms with Gasteiger partial charge in [0.1, 0.15) is 35.8 Å². The normalized spacial score (nSPS) is 18.6. The predicted molar refractivity (Wildman–Crippen MR) is 162 cm³/mol. The molecular formula is C31H33ClFN5O6. The van der Waals surface area contributed by atoms with Gasteiger partial charge in [0.2, 0.25) is 5.91 Å². The Bertz CT molecular complexity index is 1560. The van der Waals surface area contributed by atoms with E-state index in [0.29, 0.717) is 65.6 Å². The van der Waals surface area contributed by atoms with E-state index >= 15 is 0 Å². The molecule has 0 bridgehead atoms. The lowest BCUT2D eigenvalue weighted by molar-refractivity contribution is -0.157. The van der Waals surface area contributed by atoms with Gasteiger partial charge in [-0.1, -0.05) is 17.7 Å². The second kappa shape index (κ2) is 14.0. The summed E-state index contributed by atoms with van der Waals surface area (Å²) in [6, 6.07) is 6.42. The molecule has 2 N–H and O–H groups in total. The molecule has 13 heteroatoms. The summed E-state index contributed by atoms with van der Waals surface area (Å²) in [5.41, 5.74) is 1.50. The number of hydrogen-bond acceptors (Lipinski definition) is 10. The molecule has 44 heavy (non-hydrogen) atoms. The number of esters is 2. The number of aromatic nitrogens is 2. The molecule has 2 fully saturated rings. The quantitative estimate of drug-likeness (QED) is 0.221. The van der Waals surface area contributed by atoms with Crippen molar-refractivity contribution in [1.82, 2.24) is 14.9 Å². The van der Waals surface area contributed by atoms with Gasteiger partial charge in [0, 0.05) is 29.8 Å². The van der Waals surface area contributed by atoms with E-state index in [9.17, 15) is 18.8 Å². The molecule has 1 saturated heterocycles. The summed E-state index contributed by atoms with van der Waals surface area (Å²) in [7, 11) is 2.61. The third kappa shape index (κ3) is 7.43. The van der Waals surface area contributed by atoms with E-state index in [4.69, 9.17) is 25.8 Å². The van der Waals surface area contributed by atoms with Crippen molar-refractivity contribution in [2.24, 2.45) is 5.92 Å². The Morgan fingerprint density at radius 3 is 2.43 bits per heavy atom. The predicted octanol–water partition coefficient (Wildman–Crippen LogP) is 5.02. The average Bonchev–Trinajstić information content (AvgIpc) is 3.86. The summed E-state index contributed by atoms with van der Waals surface area (Å²) in [4.78, 5) is 48.4. The van der Waals surface area contributed by atoms with Crippen LogP contribution >= 0.6 is 11.6 Å². The van der Waals surface area contributed by atoms with Crippen LogP contribution in [-0.2, 0) is 23.9 Å². The van der Waals surface area contributed by atoms with Crippen LogP contribution in [0.2, 0.25) is 5.02 Å². The molecule has 1 amide bonds. The van der Waals surface area contributed by atoms with Crippen LogP contribution in [0.15, 0.2) is 48.8 Å². The van der Waals surface area contributed by atoms with Crippen molar-refractivity contribution in [1.29, 1.82) is 0 Å². The van der Waals surface area contributed by atoms with Gasteiger partial charge >= 0.3 is 11.9 Å². The van der Waals surface area contributed by atoms with E-state index in [1.54, 1.807) is 23.1 Å². The molecule has 2 heterocycles. The molecule has 0 unspecified atom stereocenters. The average molecular weight is 626 g/mol. The van der Waals surface area contributed by atoms with Gasteiger partial charge in [-0.3, -0.25) is 19.3 Å². The zero-order valence-corrected chi connectivity index (χ0v) is 25.1. The molecule has 11 nitrogen and oxygen atoms in total. The van der Waals surface area contributed by atoms with Crippen LogP contribution in [-0.4, -0.2) is 72.2 Å². The second-order valence-electron chi connectivity index (χ2n) is 10.7. The van der Waals surface area contributed by atoms with Crippen molar-refractivity contribution < 1.29 is 33.0 Å². The first kappa shape index (κ1) is 31.1. The van der Waals surface area contributed by atoms with Gasteiger partial charge in [-0.15, -0.1) is 0 Å². The lowest BCUT2D eigenvalue weighted by atomic mass is 9.95. The van der Waals surface area contributed by atoms with Crippen LogP contribution in [0.3, 0.4) is 0 Å². The monoisotopic (exact) mass is 625 g/mol. The number of carbonyl (C=O) groups excluding carboxylic acids is 3. The summed E-state index contributed by atoms with van der Waals surface area (Å²) in [6.07, 6.45) is 8.23. The minimum absolute atomic E-state index is 0.0377. The number of fused-ring (bicyclic) bond motifs is 1. The number of ether oxygens (including phenoxy) is 3. The van der Waals surface area contributed by atoms with Crippen LogP contribution in [0.4, 0.5) is 21.6 Å². The Labute approximate surface area is 258 Å². The number of halogens is 2. The molecule has 232 valence electrons. The number of nitrogens with zero attached hydrogens (tertiary/aromatic N) is 3. The Morgan fingerprint density at radius 2 is 1.77 bits per heavy atom. The van der Waals surface area contributed by atoms with E-state index in [2.05, 4.69) is 20.6 Å². The van der Waals surface area contributed by atoms with Gasteiger partial charge in [0.25, 0.3) is 0 Å². The largest absolute Gasteiger partial charge is 0.491 e. The van der Waals surface area contributed by atoms with Gasteiger partial charge in [-0.2, -0.15) is 0 Å². The Balaban J connectivity index is 1.38. The van der Waals surface area contributed by atoms with Crippen LogP contribution in [0.25, 0.3) is 10.9 Å². The maximum Gasteiger partial charge on any atom is 0.323 e. The fraction of sp³-hybridized carbons (Fsp3) is 0.387. The van der Waals surface area contributed by atoms with Crippen molar-refractivity contribution in [2.75, 3.05) is 38.0 Å². The summed E-state index contributed by atoms with van der Waals surface area (Å²) < 4.78 is 29.7. The maximum absolute atomic E-state index is 13.7. The van der Waals surface area contributed by atoms with Gasteiger partial charge in [0.15, 0.2) is 0 Å². The Kier molecular flexibility index (Phi) is 9.91. The number of carbonyl (C=O) groups is 3. The molecule has 1 aliphatic heterocycles. The molecule has 1 saturated carbocycles. The Hall–Kier alpha value is -4.29. The highest BCUT2D eigenvalue weighted by Crippen LogP contribution is 2.36. The molecule has 3 aromatic rings. The topological polar surface area (TPSA) is 132 Å². The minimum atomic E-state index is -0.629. The van der Waals surface area contributed by atoms with Crippen molar-refractivity contribution >= 4 is 57.5 Å². The molecule has 5 rings (SSSR count). The summed E-state index contributed by atoms with van der Waals surface area (Å²) in [5.74, 6) is -0.534. The number of hydrogen-bond donors (Lipinski definition) is 2. The lowest BCUT2D eigenvalue weighted by Crippen LogP contribution is -2.54. The van der Waals surface area contributed by atoms with Crippen LogP contribution < -0.4 is 15.4 Å². The fourth-order valence-electron chi connectivity index (χ4n) is 5.15. The maximum atomic E-state index is 13.7. The number of piperidine rings is 1. The van der Waals surface area contributed by atoms with E-state index < -0.39 is 35.7 Å². The zero-order chi connectivity index (χ0) is 31.2. The molecule has 0 radical (unpaired) electrons. The van der Waals surface area contributed by atoms with Crippen molar-refractivity contribution in [3.05, 3.63) is 59.7 Å². The number of anilines is 3. The third-order valence-corrected chi connectivity index (χ3v) is 7.93. The van der Waals surface area contributed by atoms with Gasteiger partial charge in [0.05, 0.1) is 37.1 Å². The Morgan fingerprint density at radius 1 is 1.05 bits per heavy atom. The highest BCUT2D eigenvalue weighted by Gasteiger charge is 2.39. The van der Waals surface area contributed by atoms with Crippen LogP contribution in [0.1, 0.15) is 32.1 Å². The van der Waals surface area contributed by atoms with E-state index in [-0.39, 0.29) is 11.6 Å². The van der Waals surface area contributed by atoms with Crippen molar-refractivity contribution in [3.63, 3.8) is 0 Å². The van der Waals surface area contributed by atoms with Gasteiger partial charge < -0.3 is 24.8 Å². The number of rotatable bonds is 11. The summed E-state index contributed by atoms with van der Waals surface area (Å²) in [6.45, 7) is 0.658. The molecule has 2 atom stereocenters. The minimum Gasteiger partial charge on any atom is -0.491 e. The number of amides is 1. The number of methoxy groups -OCH3 is 2.